The van der Waals surface area contributed by atoms with Crippen molar-refractivity contribution in [3.63, 3.8) is 0 Å². The van der Waals surface area contributed by atoms with E-state index in [-0.39, 0.29) is 11.0 Å². The van der Waals surface area contributed by atoms with Gasteiger partial charge in [-0.15, -0.1) is 4.31 Å². The second-order valence-electron chi connectivity index (χ2n) is 9.44. The lowest BCUT2D eigenvalue weighted by molar-refractivity contribution is 0.242. The Hall–Kier alpha value is -3.08. The maximum Gasteiger partial charge on any atom is 0.316 e. The lowest BCUT2D eigenvalue weighted by Gasteiger charge is -2.36. The number of piperazine rings is 1. The molecule has 10 heteroatoms. The van der Waals surface area contributed by atoms with E-state index in [1.165, 1.54) is 4.68 Å². The number of pyridine rings is 1. The monoisotopic (exact) mass is 494 g/mol. The summed E-state index contributed by atoms with van der Waals surface area (Å²) in [6, 6.07) is 13.0. The van der Waals surface area contributed by atoms with Gasteiger partial charge in [-0.2, -0.15) is 9.78 Å². The second-order valence-corrected chi connectivity index (χ2v) is 10.9. The largest absolute Gasteiger partial charge is 0.598 e. The molecule has 0 spiro atoms. The molecule has 184 valence electrons. The number of rotatable bonds is 8. The van der Waals surface area contributed by atoms with E-state index >= 15 is 0 Å². The van der Waals surface area contributed by atoms with E-state index in [4.69, 9.17) is 10.5 Å². The highest BCUT2D eigenvalue weighted by Crippen LogP contribution is 2.45. The number of benzene rings is 1. The molecule has 1 aliphatic heterocycles. The van der Waals surface area contributed by atoms with Gasteiger partial charge in [0.2, 0.25) is 5.75 Å². The van der Waals surface area contributed by atoms with E-state index < -0.39 is 11.4 Å². The molecule has 5 rings (SSSR count). The van der Waals surface area contributed by atoms with Crippen LogP contribution in [-0.4, -0.2) is 56.4 Å². The number of anilines is 2. The molecule has 2 fully saturated rings. The number of para-hydroxylation sites is 1. The summed E-state index contributed by atoms with van der Waals surface area (Å²) in [7, 11) is 0. The smallest absolute Gasteiger partial charge is 0.316 e. The van der Waals surface area contributed by atoms with Crippen LogP contribution in [0.15, 0.2) is 59.7 Å². The molecule has 0 radical (unpaired) electrons. The molecule has 2 aliphatic rings. The van der Waals surface area contributed by atoms with Crippen molar-refractivity contribution in [1.29, 1.82) is 0 Å². The molecule has 3 aromatic rings. The fourth-order valence-corrected chi connectivity index (χ4v) is 5.34. The third-order valence-corrected chi connectivity index (χ3v) is 8.16. The van der Waals surface area contributed by atoms with E-state index in [2.05, 4.69) is 21.9 Å². The van der Waals surface area contributed by atoms with Gasteiger partial charge in [0, 0.05) is 41.6 Å². The number of hydrogen-bond donors (Lipinski definition) is 1. The minimum Gasteiger partial charge on any atom is -0.598 e. The molecule has 1 unspecified atom stereocenters. The fraction of sp³-hybridized carbons (Fsp3) is 0.400. The average Bonchev–Trinajstić information content (AvgIpc) is 3.62. The Balaban J connectivity index is 1.33. The third-order valence-electron chi connectivity index (χ3n) is 6.66. The average molecular weight is 495 g/mol. The van der Waals surface area contributed by atoms with Crippen LogP contribution in [0.1, 0.15) is 25.3 Å². The van der Waals surface area contributed by atoms with Crippen LogP contribution in [0.3, 0.4) is 0 Å². The maximum atomic E-state index is 13.4. The molecular weight excluding hydrogens is 464 g/mol. The number of nitrogen functional groups attached to an aromatic ring is 1. The first-order valence-corrected chi connectivity index (χ1v) is 13.1. The predicted octanol–water partition coefficient (Wildman–Crippen LogP) is 2.37. The van der Waals surface area contributed by atoms with Gasteiger partial charge in [0.25, 0.3) is 0 Å². The Morgan fingerprint density at radius 2 is 1.86 bits per heavy atom. The molecule has 0 bridgehead atoms. The molecule has 1 atom stereocenters. The van der Waals surface area contributed by atoms with Gasteiger partial charge >= 0.3 is 5.56 Å². The highest BCUT2D eigenvalue weighted by atomic mass is 32.2. The van der Waals surface area contributed by atoms with Crippen molar-refractivity contribution in [2.45, 2.75) is 25.5 Å². The molecule has 1 saturated carbocycles. The van der Waals surface area contributed by atoms with E-state index in [0.717, 1.165) is 18.4 Å². The first-order valence-electron chi connectivity index (χ1n) is 11.8. The first-order chi connectivity index (χ1) is 16.9. The second kappa shape index (κ2) is 9.88. The quantitative estimate of drug-likeness (QED) is 0.475. The van der Waals surface area contributed by atoms with Gasteiger partial charge in [0.1, 0.15) is 11.5 Å². The minimum atomic E-state index is -1.21. The standard InChI is InChI=1S/C25H30N6O3S/c1-25(9-10-25)18-34-22-21(16-28-31(24(22)32)20-7-3-2-4-8-20)29-12-14-30(15-13-29)35(33)17-19-6-5-11-27-23(19)26/h2-8,11,16H,9-10,12-15,17-18H2,1H3,(H2,26,27). The molecule has 0 amide bonds. The van der Waals surface area contributed by atoms with Crippen LogP contribution in [-0.2, 0) is 17.1 Å². The topological polar surface area (TPSA) is 113 Å². The zero-order valence-electron chi connectivity index (χ0n) is 19.8. The highest BCUT2D eigenvalue weighted by molar-refractivity contribution is 7.88. The molecule has 3 heterocycles. The molecule has 1 aliphatic carbocycles. The number of nitrogens with two attached hydrogens (primary N) is 1. The number of hydrogen-bond acceptors (Lipinski definition) is 8. The zero-order valence-corrected chi connectivity index (χ0v) is 20.6. The summed E-state index contributed by atoms with van der Waals surface area (Å²) >= 11 is -1.21. The van der Waals surface area contributed by atoms with Crippen LogP contribution in [0.25, 0.3) is 5.69 Å². The van der Waals surface area contributed by atoms with Gasteiger partial charge in [0.05, 0.1) is 31.6 Å². The van der Waals surface area contributed by atoms with E-state index in [1.807, 2.05) is 40.7 Å². The lowest BCUT2D eigenvalue weighted by atomic mass is 10.2. The zero-order chi connectivity index (χ0) is 24.4. The number of nitrogens with zero attached hydrogens (tertiary/aromatic N) is 5. The molecule has 9 nitrogen and oxygen atoms in total. The molecule has 2 aromatic heterocycles. The third kappa shape index (κ3) is 5.29. The van der Waals surface area contributed by atoms with Gasteiger partial charge < -0.3 is 19.9 Å². The maximum absolute atomic E-state index is 13.4. The molecule has 2 N–H and O–H groups in total. The van der Waals surface area contributed by atoms with Gasteiger partial charge in [-0.3, -0.25) is 4.79 Å². The van der Waals surface area contributed by atoms with E-state index in [1.54, 1.807) is 18.5 Å². The first kappa shape index (κ1) is 23.7. The molecule has 1 aromatic carbocycles. The summed E-state index contributed by atoms with van der Waals surface area (Å²) < 4.78 is 22.4. The summed E-state index contributed by atoms with van der Waals surface area (Å²) in [6.45, 7) is 5.07. The van der Waals surface area contributed by atoms with Crippen LogP contribution in [0.5, 0.6) is 5.75 Å². The Morgan fingerprint density at radius 1 is 1.11 bits per heavy atom. The molecule has 35 heavy (non-hydrogen) atoms. The summed E-state index contributed by atoms with van der Waals surface area (Å²) in [5, 5.41) is 4.45. The Bertz CT molecular complexity index is 1230. The Kier molecular flexibility index (Phi) is 6.68. The number of aromatic nitrogens is 3. The number of ether oxygens (including phenoxy) is 1. The highest BCUT2D eigenvalue weighted by Gasteiger charge is 2.39. The summed E-state index contributed by atoms with van der Waals surface area (Å²) in [4.78, 5) is 19.6. The normalized spacial score (nSPS) is 18.3. The molecule has 1 saturated heterocycles. The predicted molar refractivity (Wildman–Crippen MR) is 137 cm³/mol. The summed E-state index contributed by atoms with van der Waals surface area (Å²) in [5.74, 6) is 1.08. The van der Waals surface area contributed by atoms with Crippen LogP contribution >= 0.6 is 0 Å². The van der Waals surface area contributed by atoms with Gasteiger partial charge in [0.15, 0.2) is 5.75 Å². The van der Waals surface area contributed by atoms with Crippen LogP contribution in [0.2, 0.25) is 0 Å². The van der Waals surface area contributed by atoms with Gasteiger partial charge in [-0.05, 0) is 37.1 Å². The van der Waals surface area contributed by atoms with Crippen molar-refractivity contribution in [3.8, 4) is 11.4 Å². The van der Waals surface area contributed by atoms with Crippen molar-refractivity contribution < 1.29 is 9.29 Å². The summed E-state index contributed by atoms with van der Waals surface area (Å²) in [6.07, 6.45) is 5.55. The van der Waals surface area contributed by atoms with Gasteiger partial charge in [-0.25, -0.2) is 4.98 Å². The van der Waals surface area contributed by atoms with Crippen LogP contribution in [0.4, 0.5) is 11.5 Å². The van der Waals surface area contributed by atoms with Crippen LogP contribution < -0.4 is 20.9 Å². The SMILES string of the molecule is CC1(COc2c(N3CCN([S+]([O-])Cc4cccnc4N)CC3)cnn(-c3ccccc3)c2=O)CC1. The van der Waals surface area contributed by atoms with E-state index in [9.17, 15) is 9.35 Å². The molecular formula is C25H30N6O3S. The fourth-order valence-electron chi connectivity index (χ4n) is 4.08. The summed E-state index contributed by atoms with van der Waals surface area (Å²) in [5.41, 5.74) is 7.95. The van der Waals surface area contributed by atoms with Crippen molar-refractivity contribution in [2.75, 3.05) is 43.4 Å². The van der Waals surface area contributed by atoms with Crippen LogP contribution in [0, 0.1) is 5.41 Å². The Morgan fingerprint density at radius 3 is 2.54 bits per heavy atom. The van der Waals surface area contributed by atoms with E-state index in [0.29, 0.717) is 61.5 Å². The lowest BCUT2D eigenvalue weighted by Crippen LogP contribution is -2.49. The van der Waals surface area contributed by atoms with Crippen molar-refractivity contribution in [2.24, 2.45) is 5.41 Å². The van der Waals surface area contributed by atoms with Gasteiger partial charge in [-0.1, -0.05) is 25.1 Å². The minimum absolute atomic E-state index is 0.133. The van der Waals surface area contributed by atoms with Crippen molar-refractivity contribution >= 4 is 22.9 Å². The van der Waals surface area contributed by atoms with Crippen molar-refractivity contribution in [3.05, 3.63) is 70.8 Å². The van der Waals surface area contributed by atoms with Crippen molar-refractivity contribution in [1.82, 2.24) is 19.1 Å². The Labute approximate surface area is 207 Å².